The van der Waals surface area contributed by atoms with Crippen LogP contribution in [0.2, 0.25) is 0 Å². The van der Waals surface area contributed by atoms with Gasteiger partial charge in [0, 0.05) is 38.3 Å². The van der Waals surface area contributed by atoms with Gasteiger partial charge in [0.05, 0.1) is 16.8 Å². The van der Waals surface area contributed by atoms with Crippen molar-refractivity contribution in [1.82, 2.24) is 10.2 Å². The summed E-state index contributed by atoms with van der Waals surface area (Å²) in [5.74, 6) is -3.49. The monoisotopic (exact) mass is 421 g/mol. The predicted octanol–water partition coefficient (Wildman–Crippen LogP) is 3.56. The standard InChI is InChI=1S/C21H22F3N3O3/c22-21(23,24)19-14-26(12-16-4-2-1-3-5-16)13-18(19)20(28)25-11-10-15-6-8-17(9-7-15)27(29)30/h1-9,18-19H,10-14H2,(H,25,28)/t18-,19+/m1/s1. The van der Waals surface area contributed by atoms with Crippen LogP contribution in [0.15, 0.2) is 54.6 Å². The Bertz CT molecular complexity index is 873. The molecule has 3 rings (SSSR count). The zero-order chi connectivity index (χ0) is 21.7. The van der Waals surface area contributed by atoms with Gasteiger partial charge in [0.2, 0.25) is 5.91 Å². The molecule has 0 radical (unpaired) electrons. The van der Waals surface area contributed by atoms with E-state index < -0.39 is 28.8 Å². The first-order valence-electron chi connectivity index (χ1n) is 9.58. The number of likely N-dealkylation sites (tertiary alicyclic amines) is 1. The average Bonchev–Trinajstić information content (AvgIpc) is 3.13. The molecule has 0 spiro atoms. The zero-order valence-corrected chi connectivity index (χ0v) is 16.1. The maximum absolute atomic E-state index is 13.5. The van der Waals surface area contributed by atoms with Gasteiger partial charge in [-0.15, -0.1) is 0 Å². The first-order valence-corrected chi connectivity index (χ1v) is 9.58. The second-order valence-corrected chi connectivity index (χ2v) is 7.40. The smallest absolute Gasteiger partial charge is 0.355 e. The molecule has 1 saturated heterocycles. The second kappa shape index (κ2) is 9.25. The number of hydrogen-bond donors (Lipinski definition) is 1. The third-order valence-electron chi connectivity index (χ3n) is 5.26. The van der Waals surface area contributed by atoms with Crippen LogP contribution in [0.25, 0.3) is 0 Å². The van der Waals surface area contributed by atoms with Crippen molar-refractivity contribution in [3.63, 3.8) is 0 Å². The summed E-state index contributed by atoms with van der Waals surface area (Å²) in [4.78, 5) is 24.3. The molecule has 1 amide bonds. The Morgan fingerprint density at radius 1 is 1.07 bits per heavy atom. The van der Waals surface area contributed by atoms with Crippen molar-refractivity contribution in [3.05, 3.63) is 75.8 Å². The van der Waals surface area contributed by atoms with Gasteiger partial charge in [-0.1, -0.05) is 42.5 Å². The molecule has 6 nitrogen and oxygen atoms in total. The van der Waals surface area contributed by atoms with Crippen LogP contribution in [0.4, 0.5) is 18.9 Å². The SMILES string of the molecule is O=C(NCCc1ccc([N+](=O)[O-])cc1)[C@@H]1CN(Cc2ccccc2)C[C@@H]1C(F)(F)F. The Hall–Kier alpha value is -2.94. The molecular weight excluding hydrogens is 399 g/mol. The fourth-order valence-corrected chi connectivity index (χ4v) is 3.70. The Kier molecular flexibility index (Phi) is 6.71. The Morgan fingerprint density at radius 2 is 1.73 bits per heavy atom. The number of nitrogens with zero attached hydrogens (tertiary/aromatic N) is 2. The molecule has 1 fully saturated rings. The van der Waals surface area contributed by atoms with E-state index in [0.29, 0.717) is 13.0 Å². The minimum Gasteiger partial charge on any atom is -0.355 e. The van der Waals surface area contributed by atoms with E-state index in [1.165, 1.54) is 12.1 Å². The summed E-state index contributed by atoms with van der Waals surface area (Å²) >= 11 is 0. The molecule has 1 N–H and O–H groups in total. The van der Waals surface area contributed by atoms with Crippen LogP contribution in [0, 0.1) is 22.0 Å². The average molecular weight is 421 g/mol. The zero-order valence-electron chi connectivity index (χ0n) is 16.1. The molecule has 0 saturated carbocycles. The minimum absolute atomic E-state index is 0.0414. The number of alkyl halides is 3. The largest absolute Gasteiger partial charge is 0.393 e. The molecule has 0 unspecified atom stereocenters. The van der Waals surface area contributed by atoms with Crippen LogP contribution in [0.3, 0.4) is 0 Å². The number of non-ortho nitro benzene ring substituents is 1. The topological polar surface area (TPSA) is 75.5 Å². The summed E-state index contributed by atoms with van der Waals surface area (Å²) in [6, 6.07) is 15.0. The lowest BCUT2D eigenvalue weighted by Crippen LogP contribution is -2.40. The highest BCUT2D eigenvalue weighted by Gasteiger charge is 2.52. The summed E-state index contributed by atoms with van der Waals surface area (Å²) in [5.41, 5.74) is 1.61. The van der Waals surface area contributed by atoms with E-state index in [1.807, 2.05) is 30.3 Å². The molecular formula is C21H22F3N3O3. The Labute approximate surface area is 171 Å². The number of hydrogen-bond acceptors (Lipinski definition) is 4. The lowest BCUT2D eigenvalue weighted by atomic mass is 9.94. The van der Waals surface area contributed by atoms with E-state index in [9.17, 15) is 28.1 Å². The molecule has 1 aliphatic heterocycles. The maximum Gasteiger partial charge on any atom is 0.393 e. The van der Waals surface area contributed by atoms with Crippen molar-refractivity contribution in [3.8, 4) is 0 Å². The number of halogens is 3. The maximum atomic E-state index is 13.5. The van der Waals surface area contributed by atoms with Crippen LogP contribution >= 0.6 is 0 Å². The highest BCUT2D eigenvalue weighted by Crippen LogP contribution is 2.38. The highest BCUT2D eigenvalue weighted by atomic mass is 19.4. The lowest BCUT2D eigenvalue weighted by molar-refractivity contribution is -0.384. The van der Waals surface area contributed by atoms with E-state index in [0.717, 1.165) is 11.1 Å². The summed E-state index contributed by atoms with van der Waals surface area (Å²) in [7, 11) is 0. The fourth-order valence-electron chi connectivity index (χ4n) is 3.70. The van der Waals surface area contributed by atoms with Crippen LogP contribution < -0.4 is 5.32 Å². The summed E-state index contributed by atoms with van der Waals surface area (Å²) in [6.07, 6.45) is -4.08. The number of nitro benzene ring substituents is 1. The predicted molar refractivity (Wildman–Crippen MR) is 105 cm³/mol. The molecule has 2 atom stereocenters. The highest BCUT2D eigenvalue weighted by molar-refractivity contribution is 5.79. The quantitative estimate of drug-likeness (QED) is 0.548. The molecule has 0 bridgehead atoms. The van der Waals surface area contributed by atoms with Gasteiger partial charge in [-0.2, -0.15) is 13.2 Å². The van der Waals surface area contributed by atoms with Crippen molar-refractivity contribution in [2.75, 3.05) is 19.6 Å². The normalized spacial score (nSPS) is 19.6. The number of amides is 1. The first-order chi connectivity index (χ1) is 14.2. The van der Waals surface area contributed by atoms with Crippen LogP contribution in [-0.4, -0.2) is 41.5 Å². The van der Waals surface area contributed by atoms with E-state index in [1.54, 1.807) is 17.0 Å². The number of carbonyl (C=O) groups is 1. The third-order valence-corrected chi connectivity index (χ3v) is 5.26. The summed E-state index contributed by atoms with van der Waals surface area (Å²) in [6.45, 7) is 0.359. The van der Waals surface area contributed by atoms with Crippen LogP contribution in [0.1, 0.15) is 11.1 Å². The van der Waals surface area contributed by atoms with Gasteiger partial charge >= 0.3 is 6.18 Å². The van der Waals surface area contributed by atoms with Gasteiger partial charge in [-0.3, -0.25) is 19.8 Å². The van der Waals surface area contributed by atoms with Gasteiger partial charge in [0.1, 0.15) is 0 Å². The summed E-state index contributed by atoms with van der Waals surface area (Å²) in [5, 5.41) is 13.3. The van der Waals surface area contributed by atoms with E-state index in [2.05, 4.69) is 5.32 Å². The molecule has 9 heteroatoms. The molecule has 1 heterocycles. The van der Waals surface area contributed by atoms with Gasteiger partial charge in [-0.05, 0) is 17.5 Å². The molecule has 1 aliphatic rings. The van der Waals surface area contributed by atoms with Crippen molar-refractivity contribution in [2.45, 2.75) is 19.1 Å². The Balaban J connectivity index is 1.57. The third kappa shape index (κ3) is 5.56. The second-order valence-electron chi connectivity index (χ2n) is 7.40. The number of rotatable bonds is 7. The van der Waals surface area contributed by atoms with E-state index in [4.69, 9.17) is 0 Å². The van der Waals surface area contributed by atoms with Gasteiger partial charge in [-0.25, -0.2) is 0 Å². The summed E-state index contributed by atoms with van der Waals surface area (Å²) < 4.78 is 40.5. The molecule has 0 aromatic heterocycles. The van der Waals surface area contributed by atoms with Crippen LogP contribution in [0.5, 0.6) is 0 Å². The van der Waals surface area contributed by atoms with Gasteiger partial charge < -0.3 is 5.32 Å². The molecule has 30 heavy (non-hydrogen) atoms. The molecule has 2 aromatic carbocycles. The number of nitro groups is 1. The fraction of sp³-hybridized carbons (Fsp3) is 0.381. The number of benzene rings is 2. The Morgan fingerprint density at radius 3 is 2.33 bits per heavy atom. The van der Waals surface area contributed by atoms with Gasteiger partial charge in [0.25, 0.3) is 5.69 Å². The number of nitrogens with one attached hydrogen (secondary N) is 1. The van der Waals surface area contributed by atoms with Crippen molar-refractivity contribution in [1.29, 1.82) is 0 Å². The molecule has 160 valence electrons. The molecule has 2 aromatic rings. The molecule has 0 aliphatic carbocycles. The van der Waals surface area contributed by atoms with Crippen molar-refractivity contribution >= 4 is 11.6 Å². The van der Waals surface area contributed by atoms with E-state index in [-0.39, 0.29) is 25.3 Å². The van der Waals surface area contributed by atoms with Crippen LogP contribution in [-0.2, 0) is 17.8 Å². The minimum atomic E-state index is -4.45. The van der Waals surface area contributed by atoms with Gasteiger partial charge in [0.15, 0.2) is 0 Å². The number of carbonyl (C=O) groups excluding carboxylic acids is 1. The van der Waals surface area contributed by atoms with E-state index >= 15 is 0 Å². The van der Waals surface area contributed by atoms with Crippen molar-refractivity contribution < 1.29 is 22.9 Å². The lowest BCUT2D eigenvalue weighted by Gasteiger charge is -2.20. The van der Waals surface area contributed by atoms with Crippen molar-refractivity contribution in [2.24, 2.45) is 11.8 Å². The first kappa shape index (κ1) is 21.8.